The number of anilines is 1. The van der Waals surface area contributed by atoms with Gasteiger partial charge >= 0.3 is 0 Å². The zero-order valence-electron chi connectivity index (χ0n) is 15.5. The monoisotopic (exact) mass is 393 g/mol. The van der Waals surface area contributed by atoms with E-state index >= 15 is 0 Å². The van der Waals surface area contributed by atoms with Crippen molar-refractivity contribution in [1.29, 1.82) is 0 Å². The summed E-state index contributed by atoms with van der Waals surface area (Å²) in [6, 6.07) is 8.19. The molecular formula is C21H19N3O3S. The molecule has 5 rings (SSSR count). The molecule has 28 heavy (non-hydrogen) atoms. The number of fused-ring (bicyclic) bond motifs is 3. The summed E-state index contributed by atoms with van der Waals surface area (Å²) in [5.74, 6) is -0.161. The van der Waals surface area contributed by atoms with E-state index in [1.54, 1.807) is 24.3 Å². The molecule has 0 radical (unpaired) electrons. The molecule has 1 saturated heterocycles. The number of hydrogen-bond donors (Lipinski definition) is 1. The van der Waals surface area contributed by atoms with E-state index in [0.717, 1.165) is 12.0 Å². The van der Waals surface area contributed by atoms with Crippen LogP contribution in [0.5, 0.6) is 0 Å². The molecule has 0 bridgehead atoms. The summed E-state index contributed by atoms with van der Waals surface area (Å²) in [6.45, 7) is 3.67. The fourth-order valence-electron chi connectivity index (χ4n) is 4.25. The number of thiazole rings is 1. The molecule has 7 heteroatoms. The number of aromatic nitrogens is 1. The van der Waals surface area contributed by atoms with Gasteiger partial charge in [0.05, 0.1) is 17.9 Å². The first-order valence-corrected chi connectivity index (χ1v) is 10.1. The van der Waals surface area contributed by atoms with Crippen LogP contribution in [0.3, 0.4) is 0 Å². The Morgan fingerprint density at radius 3 is 2.89 bits per heavy atom. The SMILES string of the molecule is CC1=C(C)C(OC=C2C(=O)NC3c4ccccc4CC23)N(c2nccs2)C1=O. The first kappa shape index (κ1) is 17.2. The van der Waals surface area contributed by atoms with E-state index in [2.05, 4.69) is 22.4 Å². The quantitative estimate of drug-likeness (QED) is 0.643. The van der Waals surface area contributed by atoms with E-state index in [9.17, 15) is 9.59 Å². The van der Waals surface area contributed by atoms with E-state index < -0.39 is 6.23 Å². The van der Waals surface area contributed by atoms with Crippen LogP contribution in [-0.4, -0.2) is 23.0 Å². The summed E-state index contributed by atoms with van der Waals surface area (Å²) in [5, 5.41) is 5.49. The summed E-state index contributed by atoms with van der Waals surface area (Å²) in [4.78, 5) is 31.0. The maximum absolute atomic E-state index is 12.7. The summed E-state index contributed by atoms with van der Waals surface area (Å²) in [6.07, 6.45) is 3.44. The predicted octanol–water partition coefficient (Wildman–Crippen LogP) is 3.10. The lowest BCUT2D eigenvalue weighted by molar-refractivity contribution is -0.116. The summed E-state index contributed by atoms with van der Waals surface area (Å²) >= 11 is 1.38. The van der Waals surface area contributed by atoms with E-state index in [0.29, 0.717) is 16.3 Å². The highest BCUT2D eigenvalue weighted by molar-refractivity contribution is 7.13. The highest BCUT2D eigenvalue weighted by Gasteiger charge is 2.44. The Morgan fingerprint density at radius 2 is 2.11 bits per heavy atom. The highest BCUT2D eigenvalue weighted by Crippen LogP contribution is 2.44. The Labute approximate surface area is 166 Å². The molecule has 6 nitrogen and oxygen atoms in total. The van der Waals surface area contributed by atoms with Gasteiger partial charge in [-0.1, -0.05) is 24.3 Å². The molecule has 0 spiro atoms. The third kappa shape index (κ3) is 2.43. The normalized spacial score (nSPS) is 27.4. The van der Waals surface area contributed by atoms with E-state index in [-0.39, 0.29) is 23.8 Å². The fourth-order valence-corrected chi connectivity index (χ4v) is 4.91. The van der Waals surface area contributed by atoms with Crippen molar-refractivity contribution < 1.29 is 14.3 Å². The average Bonchev–Trinajstić information content (AvgIpc) is 3.43. The van der Waals surface area contributed by atoms with Crippen molar-refractivity contribution in [3.8, 4) is 0 Å². The lowest BCUT2D eigenvalue weighted by Crippen LogP contribution is -2.36. The Bertz CT molecular complexity index is 1040. The van der Waals surface area contributed by atoms with Crippen LogP contribution in [0, 0.1) is 5.92 Å². The topological polar surface area (TPSA) is 71.5 Å². The van der Waals surface area contributed by atoms with Gasteiger partial charge in [-0.05, 0) is 37.0 Å². The van der Waals surface area contributed by atoms with Crippen LogP contribution < -0.4 is 10.2 Å². The molecular weight excluding hydrogens is 374 g/mol. The molecule has 1 N–H and O–H groups in total. The minimum Gasteiger partial charge on any atom is -0.473 e. The van der Waals surface area contributed by atoms with Crippen molar-refractivity contribution in [3.63, 3.8) is 0 Å². The zero-order valence-corrected chi connectivity index (χ0v) is 16.3. The molecule has 3 atom stereocenters. The van der Waals surface area contributed by atoms with Crippen LogP contribution in [0.2, 0.25) is 0 Å². The molecule has 2 aliphatic heterocycles. The van der Waals surface area contributed by atoms with Crippen LogP contribution in [0.4, 0.5) is 5.13 Å². The van der Waals surface area contributed by atoms with Gasteiger partial charge in [-0.15, -0.1) is 11.3 Å². The van der Waals surface area contributed by atoms with Gasteiger partial charge in [0.25, 0.3) is 11.8 Å². The first-order chi connectivity index (χ1) is 13.6. The number of ether oxygens (including phenoxy) is 1. The number of rotatable bonds is 3. The molecule has 1 fully saturated rings. The molecule has 142 valence electrons. The summed E-state index contributed by atoms with van der Waals surface area (Å²) < 4.78 is 6.04. The van der Waals surface area contributed by atoms with E-state index in [1.165, 1.54) is 22.5 Å². The molecule has 2 amide bonds. The molecule has 3 unspecified atom stereocenters. The van der Waals surface area contributed by atoms with Crippen LogP contribution in [0.1, 0.15) is 31.0 Å². The van der Waals surface area contributed by atoms with Crippen molar-refractivity contribution in [1.82, 2.24) is 10.3 Å². The summed E-state index contributed by atoms with van der Waals surface area (Å²) in [7, 11) is 0. The number of amides is 2. The molecule has 1 aromatic heterocycles. The second kappa shape index (κ2) is 6.31. The largest absolute Gasteiger partial charge is 0.473 e. The third-order valence-electron chi connectivity index (χ3n) is 5.87. The Balaban J connectivity index is 1.44. The average molecular weight is 393 g/mol. The second-order valence-electron chi connectivity index (χ2n) is 7.32. The molecule has 1 aromatic carbocycles. The zero-order chi connectivity index (χ0) is 19.4. The lowest BCUT2D eigenvalue weighted by atomic mass is 9.97. The van der Waals surface area contributed by atoms with Crippen LogP contribution >= 0.6 is 11.3 Å². The van der Waals surface area contributed by atoms with Gasteiger partial charge in [0.1, 0.15) is 0 Å². The lowest BCUT2D eigenvalue weighted by Gasteiger charge is -2.23. The van der Waals surface area contributed by atoms with Gasteiger partial charge in [-0.25, -0.2) is 9.88 Å². The maximum Gasteiger partial charge on any atom is 0.259 e. The fraction of sp³-hybridized carbons (Fsp3) is 0.286. The predicted molar refractivity (Wildman–Crippen MR) is 105 cm³/mol. The molecule has 1 aliphatic carbocycles. The number of hydrogen-bond acceptors (Lipinski definition) is 5. The summed E-state index contributed by atoms with van der Waals surface area (Å²) in [5.41, 5.74) is 4.56. The van der Waals surface area contributed by atoms with Crippen molar-refractivity contribution in [3.05, 3.63) is 70.0 Å². The maximum atomic E-state index is 12.7. The van der Waals surface area contributed by atoms with Crippen molar-refractivity contribution in [2.24, 2.45) is 5.92 Å². The Kier molecular flexibility index (Phi) is 3.87. The third-order valence-corrected chi connectivity index (χ3v) is 6.64. The Morgan fingerprint density at radius 1 is 1.29 bits per heavy atom. The first-order valence-electron chi connectivity index (χ1n) is 9.21. The van der Waals surface area contributed by atoms with Gasteiger partial charge in [-0.2, -0.15) is 0 Å². The van der Waals surface area contributed by atoms with Gasteiger partial charge < -0.3 is 10.1 Å². The number of carbonyl (C=O) groups is 2. The number of nitrogens with one attached hydrogen (secondary N) is 1. The van der Waals surface area contributed by atoms with Gasteiger partial charge in [0.2, 0.25) is 6.23 Å². The van der Waals surface area contributed by atoms with Crippen LogP contribution in [-0.2, 0) is 20.7 Å². The minimum atomic E-state index is -0.582. The van der Waals surface area contributed by atoms with Gasteiger partial charge in [-0.3, -0.25) is 9.59 Å². The smallest absolute Gasteiger partial charge is 0.259 e. The van der Waals surface area contributed by atoms with Crippen LogP contribution in [0.15, 0.2) is 58.8 Å². The van der Waals surface area contributed by atoms with Crippen molar-refractivity contribution in [2.75, 3.05) is 4.90 Å². The minimum absolute atomic E-state index is 0.00259. The van der Waals surface area contributed by atoms with E-state index in [4.69, 9.17) is 4.74 Å². The standard InChI is InChI=1S/C21H19N3O3S/c1-11-12(2)20(24(19(11)26)21-22-7-8-28-21)27-10-16-15-9-13-5-3-4-6-14(13)17(15)23-18(16)25/h3-8,10,15,17,20H,9H2,1-2H3,(H,23,25). The van der Waals surface area contributed by atoms with Crippen molar-refractivity contribution >= 4 is 28.3 Å². The number of carbonyl (C=O) groups excluding carboxylic acids is 2. The molecule has 0 saturated carbocycles. The number of benzene rings is 1. The van der Waals surface area contributed by atoms with Crippen LogP contribution in [0.25, 0.3) is 0 Å². The second-order valence-corrected chi connectivity index (χ2v) is 8.19. The van der Waals surface area contributed by atoms with Gasteiger partial charge in [0.15, 0.2) is 5.13 Å². The Hall–Kier alpha value is -2.93. The molecule has 3 aliphatic rings. The molecule has 3 heterocycles. The van der Waals surface area contributed by atoms with Gasteiger partial charge in [0, 0.05) is 23.1 Å². The highest BCUT2D eigenvalue weighted by atomic mass is 32.1. The van der Waals surface area contributed by atoms with Crippen molar-refractivity contribution in [2.45, 2.75) is 32.5 Å². The molecule has 2 aromatic rings. The van der Waals surface area contributed by atoms with E-state index in [1.807, 2.05) is 24.4 Å². The number of nitrogens with zero attached hydrogens (tertiary/aromatic N) is 2.